The predicted octanol–water partition coefficient (Wildman–Crippen LogP) is 2.56. The molecule has 0 saturated carbocycles. The van der Waals surface area contributed by atoms with Crippen molar-refractivity contribution in [3.05, 3.63) is 41.9 Å². The number of sulfonamides is 1. The number of aromatic nitrogens is 5. The van der Waals surface area contributed by atoms with E-state index in [0.717, 1.165) is 6.42 Å². The number of rotatable bonds is 7. The lowest BCUT2D eigenvalue weighted by molar-refractivity contribution is 0.0981. The van der Waals surface area contributed by atoms with E-state index < -0.39 is 15.9 Å². The highest BCUT2D eigenvalue weighted by Crippen LogP contribution is 2.37. The number of hydrogen-bond donors (Lipinski definition) is 1. The average molecular weight is 536 g/mol. The number of nitrogens with zero attached hydrogens (tertiary/aromatic N) is 6. The summed E-state index contributed by atoms with van der Waals surface area (Å²) in [5, 5.41) is 8.45. The number of ether oxygens (including phenoxy) is 1. The third kappa shape index (κ3) is 5.36. The summed E-state index contributed by atoms with van der Waals surface area (Å²) in [4.78, 5) is 20.1. The molecule has 0 spiro atoms. The molecule has 3 aromatic heterocycles. The summed E-state index contributed by atoms with van der Waals surface area (Å²) in [6.45, 7) is 10.9. The third-order valence-corrected chi connectivity index (χ3v) is 7.44. The van der Waals surface area contributed by atoms with E-state index in [0.29, 0.717) is 42.3 Å². The second-order valence-corrected chi connectivity index (χ2v) is 11.1. The molecule has 1 amide bonds. The van der Waals surface area contributed by atoms with Crippen LogP contribution in [0.4, 0.5) is 5.82 Å². The molecule has 0 radical (unpaired) electrons. The van der Waals surface area contributed by atoms with Crippen molar-refractivity contribution in [1.29, 1.82) is 0 Å². The van der Waals surface area contributed by atoms with Crippen LogP contribution in [0.2, 0.25) is 0 Å². The van der Waals surface area contributed by atoms with Crippen LogP contribution in [0.5, 0.6) is 5.88 Å². The molecule has 196 valence electrons. The number of anilines is 1. The van der Waals surface area contributed by atoms with Gasteiger partial charge in [0.1, 0.15) is 10.7 Å². The number of carbonyl (C=O) groups excluding carboxylic acids is 1. The lowest BCUT2D eigenvalue weighted by Crippen LogP contribution is -2.41. The Morgan fingerprint density at radius 3 is 2.56 bits per heavy atom. The van der Waals surface area contributed by atoms with Crippen LogP contribution in [0.15, 0.2) is 35.5 Å². The van der Waals surface area contributed by atoms with Crippen molar-refractivity contribution in [1.82, 2.24) is 29.3 Å². The van der Waals surface area contributed by atoms with Gasteiger partial charge in [0.05, 0.1) is 17.9 Å². The Bertz CT molecular complexity index is 1360. The van der Waals surface area contributed by atoms with Gasteiger partial charge in [-0.15, -0.1) is 5.10 Å². The second-order valence-electron chi connectivity index (χ2n) is 9.49. The number of carbonyl (C=O) groups is 1. The summed E-state index contributed by atoms with van der Waals surface area (Å²) in [6.07, 6.45) is 4.00. The maximum absolute atomic E-state index is 13.3. The predicted molar refractivity (Wildman–Crippen MR) is 141 cm³/mol. The molecule has 0 aliphatic carbocycles. The van der Waals surface area contributed by atoms with Crippen LogP contribution in [0.1, 0.15) is 50.2 Å². The number of nitrogens with one attached hydrogen (secondary N) is 1. The molecule has 0 aromatic carbocycles. The van der Waals surface area contributed by atoms with E-state index in [4.69, 9.17) is 9.72 Å². The van der Waals surface area contributed by atoms with Crippen LogP contribution < -0.4 is 14.4 Å². The van der Waals surface area contributed by atoms with Gasteiger partial charge in [-0.3, -0.25) is 9.48 Å². The van der Waals surface area contributed by atoms with Crippen LogP contribution in [0, 0.1) is 12.8 Å². The topological polar surface area (TPSA) is 124 Å². The van der Waals surface area contributed by atoms with E-state index in [-0.39, 0.29) is 29.5 Å². The van der Waals surface area contributed by atoms with Crippen molar-refractivity contribution >= 4 is 35.2 Å². The SMILES string of the molecule is CCOc1ccn(-c2ccc(C(=O)NS(=O)(=O)c3cn(C)nc3C)c(N3C[C@@H](C)CC3(C)C)n2)n1.S. The average Bonchev–Trinajstić information content (AvgIpc) is 3.44. The largest absolute Gasteiger partial charge is 0.477 e. The van der Waals surface area contributed by atoms with E-state index in [9.17, 15) is 13.2 Å². The molecule has 3 aromatic rings. The number of pyridine rings is 1. The maximum Gasteiger partial charge on any atom is 0.268 e. The van der Waals surface area contributed by atoms with Gasteiger partial charge in [-0.05, 0) is 52.2 Å². The van der Waals surface area contributed by atoms with Gasteiger partial charge in [-0.25, -0.2) is 22.8 Å². The summed E-state index contributed by atoms with van der Waals surface area (Å²) >= 11 is 0. The summed E-state index contributed by atoms with van der Waals surface area (Å²) in [5.74, 6) is 0.978. The van der Waals surface area contributed by atoms with Gasteiger partial charge in [0.25, 0.3) is 15.9 Å². The zero-order valence-corrected chi connectivity index (χ0v) is 23.1. The van der Waals surface area contributed by atoms with E-state index in [2.05, 4.69) is 40.6 Å². The first-order valence-electron chi connectivity index (χ1n) is 11.5. The quantitative estimate of drug-likeness (QED) is 0.490. The van der Waals surface area contributed by atoms with E-state index in [1.54, 1.807) is 43.0 Å². The van der Waals surface area contributed by atoms with Crippen LogP contribution in [0.25, 0.3) is 5.82 Å². The highest BCUT2D eigenvalue weighted by atomic mass is 32.2. The van der Waals surface area contributed by atoms with Gasteiger partial charge in [0, 0.05) is 37.6 Å². The summed E-state index contributed by atoms with van der Waals surface area (Å²) in [7, 11) is -2.50. The molecule has 13 heteroatoms. The monoisotopic (exact) mass is 535 g/mol. The molecule has 36 heavy (non-hydrogen) atoms. The fourth-order valence-corrected chi connectivity index (χ4v) is 5.83. The lowest BCUT2D eigenvalue weighted by Gasteiger charge is -2.34. The van der Waals surface area contributed by atoms with Gasteiger partial charge in [-0.2, -0.15) is 18.6 Å². The standard InChI is InChI=1S/C23H31N7O4S.H2S/c1-7-34-20-10-11-30(26-20)19-9-8-17(21(24-19)29-13-15(2)12-23(29,4)5)22(31)27-35(32,33)18-14-28(6)25-16(18)3;/h8-11,14-15H,7,12-13H2,1-6H3,(H,27,31);1H2/t15-;/m0./s1. The number of hydrogen-bond acceptors (Lipinski definition) is 8. The van der Waals surface area contributed by atoms with Crippen molar-refractivity contribution in [3.63, 3.8) is 0 Å². The molecule has 1 N–H and O–H groups in total. The smallest absolute Gasteiger partial charge is 0.268 e. The highest BCUT2D eigenvalue weighted by molar-refractivity contribution is 7.90. The highest BCUT2D eigenvalue weighted by Gasteiger charge is 2.39. The molecular weight excluding hydrogens is 502 g/mol. The normalized spacial score (nSPS) is 17.1. The zero-order chi connectivity index (χ0) is 25.5. The Kier molecular flexibility index (Phi) is 7.75. The molecule has 4 rings (SSSR count). The van der Waals surface area contributed by atoms with Crippen LogP contribution in [-0.2, 0) is 17.1 Å². The molecule has 4 heterocycles. The molecule has 0 unspecified atom stereocenters. The zero-order valence-electron chi connectivity index (χ0n) is 21.3. The molecule has 1 atom stereocenters. The Morgan fingerprint density at radius 1 is 1.25 bits per heavy atom. The minimum absolute atomic E-state index is 0. The second kappa shape index (κ2) is 10.1. The van der Waals surface area contributed by atoms with Gasteiger partial charge >= 0.3 is 0 Å². The van der Waals surface area contributed by atoms with Crippen LogP contribution in [-0.4, -0.2) is 57.6 Å². The van der Waals surface area contributed by atoms with Crippen LogP contribution in [0.3, 0.4) is 0 Å². The Hall–Kier alpha value is -3.06. The summed E-state index contributed by atoms with van der Waals surface area (Å²) in [6, 6.07) is 4.95. The summed E-state index contributed by atoms with van der Waals surface area (Å²) < 4.78 is 36.5. The van der Waals surface area contributed by atoms with Crippen molar-refractivity contribution in [2.45, 2.75) is 51.5 Å². The Morgan fingerprint density at radius 2 is 1.97 bits per heavy atom. The number of amides is 1. The Balaban J connectivity index is 0.00000361. The van der Waals surface area contributed by atoms with E-state index >= 15 is 0 Å². The molecule has 1 fully saturated rings. The van der Waals surface area contributed by atoms with Crippen molar-refractivity contribution in [2.75, 3.05) is 18.1 Å². The van der Waals surface area contributed by atoms with Crippen molar-refractivity contribution in [2.24, 2.45) is 13.0 Å². The van der Waals surface area contributed by atoms with Crippen molar-refractivity contribution < 1.29 is 17.9 Å². The van der Waals surface area contributed by atoms with E-state index in [1.165, 1.54) is 10.9 Å². The minimum atomic E-state index is -4.13. The Labute approximate surface area is 218 Å². The fourth-order valence-electron chi connectivity index (χ4n) is 4.64. The van der Waals surface area contributed by atoms with Crippen molar-refractivity contribution in [3.8, 4) is 11.7 Å². The minimum Gasteiger partial charge on any atom is -0.477 e. The number of aryl methyl sites for hydroxylation is 2. The van der Waals surface area contributed by atoms with Gasteiger partial charge in [0.2, 0.25) is 5.88 Å². The molecule has 1 aliphatic rings. The first-order chi connectivity index (χ1) is 16.4. The first-order valence-corrected chi connectivity index (χ1v) is 12.9. The van der Waals surface area contributed by atoms with Gasteiger partial charge in [0.15, 0.2) is 5.82 Å². The van der Waals surface area contributed by atoms with E-state index in [1.807, 2.05) is 6.92 Å². The third-order valence-electron chi connectivity index (χ3n) is 6.01. The van der Waals surface area contributed by atoms with Gasteiger partial charge < -0.3 is 9.64 Å². The molecule has 1 saturated heterocycles. The first kappa shape index (κ1) is 27.5. The molecule has 1 aliphatic heterocycles. The maximum atomic E-state index is 13.3. The molecular formula is C23H33N7O4S2. The lowest BCUT2D eigenvalue weighted by atomic mass is 9.97. The summed E-state index contributed by atoms with van der Waals surface area (Å²) in [5.41, 5.74) is 0.192. The molecule has 0 bridgehead atoms. The van der Waals surface area contributed by atoms with Crippen LogP contribution >= 0.6 is 13.5 Å². The van der Waals surface area contributed by atoms with Gasteiger partial charge in [-0.1, -0.05) is 6.92 Å². The molecule has 11 nitrogen and oxygen atoms in total. The fraction of sp³-hybridized carbons (Fsp3) is 0.478.